The average molecular weight is 357 g/mol. The van der Waals surface area contributed by atoms with E-state index in [4.69, 9.17) is 0 Å². The largest absolute Gasteiger partial charge is 0.480 e. The zero-order valence-corrected chi connectivity index (χ0v) is 15.6. The normalized spacial score (nSPS) is 13.5. The van der Waals surface area contributed by atoms with Crippen molar-refractivity contribution in [2.75, 3.05) is 0 Å². The van der Waals surface area contributed by atoms with Crippen LogP contribution in [0.3, 0.4) is 0 Å². The van der Waals surface area contributed by atoms with Crippen LogP contribution in [0.15, 0.2) is 42.9 Å². The molecule has 1 heterocycles. The lowest BCUT2D eigenvalue weighted by Crippen LogP contribution is -2.48. The van der Waals surface area contributed by atoms with Crippen LogP contribution in [0.1, 0.15) is 38.4 Å². The van der Waals surface area contributed by atoms with Gasteiger partial charge in [-0.1, -0.05) is 44.2 Å². The summed E-state index contributed by atoms with van der Waals surface area (Å²) in [4.78, 5) is 27.8. The lowest BCUT2D eigenvalue weighted by molar-refractivity contribution is -0.139. The molecule has 0 aliphatic carbocycles. The molecule has 140 valence electrons. The molecule has 0 radical (unpaired) electrons. The number of imidazole rings is 1. The van der Waals surface area contributed by atoms with Gasteiger partial charge in [0.15, 0.2) is 0 Å². The van der Waals surface area contributed by atoms with Crippen molar-refractivity contribution in [2.45, 2.75) is 52.2 Å². The molecule has 0 spiro atoms. The van der Waals surface area contributed by atoms with Crippen molar-refractivity contribution in [3.63, 3.8) is 0 Å². The summed E-state index contributed by atoms with van der Waals surface area (Å²) >= 11 is 0. The fourth-order valence-corrected chi connectivity index (χ4v) is 2.93. The smallest absolute Gasteiger partial charge is 0.321 e. The summed E-state index contributed by atoms with van der Waals surface area (Å²) in [6, 6.07) is 8.64. The van der Waals surface area contributed by atoms with E-state index in [9.17, 15) is 14.7 Å². The summed E-state index contributed by atoms with van der Waals surface area (Å²) in [6.07, 6.45) is 4.27. The van der Waals surface area contributed by atoms with Gasteiger partial charge in [0, 0.05) is 24.9 Å². The number of benzene rings is 1. The molecule has 1 aromatic carbocycles. The van der Waals surface area contributed by atoms with E-state index >= 15 is 0 Å². The minimum Gasteiger partial charge on any atom is -0.480 e. The van der Waals surface area contributed by atoms with Crippen molar-refractivity contribution in [1.29, 1.82) is 0 Å². The molecule has 1 aromatic heterocycles. The van der Waals surface area contributed by atoms with Gasteiger partial charge in [0.25, 0.3) is 0 Å². The van der Waals surface area contributed by atoms with Gasteiger partial charge >= 0.3 is 5.97 Å². The predicted molar refractivity (Wildman–Crippen MR) is 100.0 cm³/mol. The number of rotatable bonds is 10. The first kappa shape index (κ1) is 19.8. The first-order valence-corrected chi connectivity index (χ1v) is 8.89. The highest BCUT2D eigenvalue weighted by molar-refractivity contribution is 5.82. The molecule has 2 aromatic rings. The molecule has 6 heteroatoms. The Morgan fingerprint density at radius 3 is 2.46 bits per heavy atom. The van der Waals surface area contributed by atoms with Gasteiger partial charge < -0.3 is 9.67 Å². The van der Waals surface area contributed by atoms with Crippen LogP contribution < -0.4 is 5.32 Å². The minimum absolute atomic E-state index is 0.0391. The Bertz CT molecular complexity index is 725. The lowest BCUT2D eigenvalue weighted by Gasteiger charge is -2.23. The number of aromatic nitrogens is 2. The zero-order chi connectivity index (χ0) is 19.1. The maximum atomic E-state index is 11.9. The molecule has 0 amide bonds. The Hall–Kier alpha value is -2.47. The van der Waals surface area contributed by atoms with Crippen molar-refractivity contribution >= 4 is 11.8 Å². The Balaban J connectivity index is 2.12. The van der Waals surface area contributed by atoms with Crippen molar-refractivity contribution in [3.05, 3.63) is 54.1 Å². The fourth-order valence-electron chi connectivity index (χ4n) is 2.93. The van der Waals surface area contributed by atoms with Crippen molar-refractivity contribution < 1.29 is 14.7 Å². The third-order valence-corrected chi connectivity index (χ3v) is 4.31. The van der Waals surface area contributed by atoms with E-state index < -0.39 is 18.1 Å². The van der Waals surface area contributed by atoms with Gasteiger partial charge in [0.2, 0.25) is 0 Å². The molecule has 0 saturated heterocycles. The van der Waals surface area contributed by atoms with E-state index in [2.05, 4.69) is 10.3 Å². The molecule has 0 saturated carbocycles. The van der Waals surface area contributed by atoms with Crippen molar-refractivity contribution in [3.8, 4) is 0 Å². The Kier molecular flexibility index (Phi) is 7.09. The summed E-state index contributed by atoms with van der Waals surface area (Å²) in [7, 11) is 0. The second kappa shape index (κ2) is 9.29. The summed E-state index contributed by atoms with van der Waals surface area (Å²) in [6.45, 7) is 6.16. The van der Waals surface area contributed by atoms with Gasteiger partial charge in [-0.3, -0.25) is 14.9 Å². The first-order valence-electron chi connectivity index (χ1n) is 8.89. The molecule has 0 aliphatic rings. The number of aliphatic carboxylic acids is 1. The number of carbonyl (C=O) groups is 2. The molecule has 0 bridgehead atoms. The molecule has 6 nitrogen and oxygen atoms in total. The number of Topliss-reactive ketones (excluding diaryl/α,β-unsaturated/α-hetero) is 1. The number of hydrogen-bond acceptors (Lipinski definition) is 4. The van der Waals surface area contributed by atoms with Crippen LogP contribution >= 0.6 is 0 Å². The highest BCUT2D eigenvalue weighted by Gasteiger charge is 2.26. The number of nitrogens with zero attached hydrogens (tertiary/aromatic N) is 2. The molecule has 2 rings (SSSR count). The van der Waals surface area contributed by atoms with Crippen molar-refractivity contribution in [2.24, 2.45) is 5.92 Å². The average Bonchev–Trinajstić information content (AvgIpc) is 3.00. The fraction of sp³-hybridized carbons (Fsp3) is 0.450. The highest BCUT2D eigenvalue weighted by atomic mass is 16.4. The summed E-state index contributed by atoms with van der Waals surface area (Å²) < 4.78 is 1.94. The number of nitrogens with one attached hydrogen (secondary N) is 1. The Labute approximate surface area is 154 Å². The van der Waals surface area contributed by atoms with Crippen LogP contribution in [-0.2, 0) is 22.6 Å². The second-order valence-corrected chi connectivity index (χ2v) is 7.05. The van der Waals surface area contributed by atoms with Gasteiger partial charge in [0.05, 0.1) is 12.4 Å². The molecular formula is C20H27N3O3. The number of carboxylic acid groups (broad SMARTS) is 1. The van der Waals surface area contributed by atoms with Crippen molar-refractivity contribution in [1.82, 2.24) is 14.9 Å². The van der Waals surface area contributed by atoms with Crippen LogP contribution in [0.4, 0.5) is 0 Å². The Morgan fingerprint density at radius 1 is 1.19 bits per heavy atom. The van der Waals surface area contributed by atoms with Crippen LogP contribution in [0, 0.1) is 5.92 Å². The molecule has 0 aliphatic heterocycles. The van der Waals surface area contributed by atoms with Crippen LogP contribution in [0.5, 0.6) is 0 Å². The highest BCUT2D eigenvalue weighted by Crippen LogP contribution is 2.11. The van der Waals surface area contributed by atoms with E-state index in [0.717, 1.165) is 11.3 Å². The molecule has 1 unspecified atom stereocenters. The van der Waals surface area contributed by atoms with E-state index in [1.807, 2.05) is 48.7 Å². The van der Waals surface area contributed by atoms with Gasteiger partial charge in [0.1, 0.15) is 11.8 Å². The van der Waals surface area contributed by atoms with Crippen LogP contribution in [0.2, 0.25) is 0 Å². The standard InChI is InChI=1S/C20H27N3O3/c1-14(2)9-18(15(3)24)22-19(20(25)26)10-17-11-21-13-23(17)12-16-7-5-4-6-8-16/h4-8,11,13-14,18-19,22H,9-10,12H2,1-3H3,(H,25,26)/t18?,19-/m0/s1. The van der Waals surface area contributed by atoms with E-state index in [1.165, 1.54) is 6.92 Å². The third-order valence-electron chi connectivity index (χ3n) is 4.31. The SMILES string of the molecule is CC(=O)C(CC(C)C)N[C@@H](Cc1cncn1Cc1ccccc1)C(=O)O. The topological polar surface area (TPSA) is 84.2 Å². The number of hydrogen-bond donors (Lipinski definition) is 2. The summed E-state index contributed by atoms with van der Waals surface area (Å²) in [5.74, 6) is -0.704. The lowest BCUT2D eigenvalue weighted by atomic mass is 9.99. The van der Waals surface area contributed by atoms with Gasteiger partial charge in [-0.15, -0.1) is 0 Å². The maximum absolute atomic E-state index is 11.9. The first-order chi connectivity index (χ1) is 12.4. The van der Waals surface area contributed by atoms with Gasteiger partial charge in [-0.25, -0.2) is 4.98 Å². The summed E-state index contributed by atoms with van der Waals surface area (Å²) in [5, 5.41) is 12.6. The molecule has 0 fully saturated rings. The van der Waals surface area contributed by atoms with Crippen LogP contribution in [-0.4, -0.2) is 38.5 Å². The molecule has 2 N–H and O–H groups in total. The van der Waals surface area contributed by atoms with E-state index in [-0.39, 0.29) is 12.2 Å². The zero-order valence-electron chi connectivity index (χ0n) is 15.6. The van der Waals surface area contributed by atoms with E-state index in [0.29, 0.717) is 18.9 Å². The number of carboxylic acids is 1. The maximum Gasteiger partial charge on any atom is 0.321 e. The van der Waals surface area contributed by atoms with Gasteiger partial charge in [-0.05, 0) is 24.8 Å². The quantitative estimate of drug-likeness (QED) is 0.683. The summed E-state index contributed by atoms with van der Waals surface area (Å²) in [5.41, 5.74) is 1.94. The van der Waals surface area contributed by atoms with Crippen LogP contribution in [0.25, 0.3) is 0 Å². The molecular weight excluding hydrogens is 330 g/mol. The molecule has 2 atom stereocenters. The number of carbonyl (C=O) groups excluding carboxylic acids is 1. The Morgan fingerprint density at radius 2 is 1.88 bits per heavy atom. The minimum atomic E-state index is -0.965. The monoisotopic (exact) mass is 357 g/mol. The van der Waals surface area contributed by atoms with E-state index in [1.54, 1.807) is 12.5 Å². The molecule has 26 heavy (non-hydrogen) atoms. The second-order valence-electron chi connectivity index (χ2n) is 7.05. The number of ketones is 1. The predicted octanol–water partition coefficient (Wildman–Crippen LogP) is 2.52. The third kappa shape index (κ3) is 5.81. The van der Waals surface area contributed by atoms with Gasteiger partial charge in [-0.2, -0.15) is 0 Å².